The van der Waals surface area contributed by atoms with Gasteiger partial charge in [0.05, 0.1) is 18.2 Å². The fraction of sp³-hybridized carbons (Fsp3) is 0.357. The fourth-order valence-corrected chi connectivity index (χ4v) is 2.01. The number of carbonyl (C=O) groups is 1. The zero-order valence-corrected chi connectivity index (χ0v) is 13.2. The van der Waals surface area contributed by atoms with Crippen LogP contribution < -0.4 is 5.73 Å². The van der Waals surface area contributed by atoms with Crippen molar-refractivity contribution in [2.45, 2.75) is 25.8 Å². The van der Waals surface area contributed by atoms with Gasteiger partial charge in [-0.25, -0.2) is 4.79 Å². The van der Waals surface area contributed by atoms with Gasteiger partial charge in [0.25, 0.3) is 0 Å². The van der Waals surface area contributed by atoms with Crippen molar-refractivity contribution >= 4 is 19.7 Å². The zero-order chi connectivity index (χ0) is 16.4. The van der Waals surface area contributed by atoms with Crippen molar-refractivity contribution in [2.24, 2.45) is 0 Å². The summed E-state index contributed by atoms with van der Waals surface area (Å²) >= 11 is 0. The van der Waals surface area contributed by atoms with E-state index in [1.807, 2.05) is 19.6 Å². The summed E-state index contributed by atoms with van der Waals surface area (Å²) in [6, 6.07) is 1.76. The molecule has 7 heteroatoms. The van der Waals surface area contributed by atoms with Crippen molar-refractivity contribution in [1.82, 2.24) is 0 Å². The van der Waals surface area contributed by atoms with E-state index >= 15 is 0 Å². The van der Waals surface area contributed by atoms with Gasteiger partial charge in [-0.2, -0.15) is 13.2 Å². The van der Waals surface area contributed by atoms with Gasteiger partial charge in [-0.3, -0.25) is 0 Å². The molecule has 0 amide bonds. The molecule has 0 aliphatic carbocycles. The summed E-state index contributed by atoms with van der Waals surface area (Å²) < 4.78 is 43.6. The minimum absolute atomic E-state index is 0.120. The van der Waals surface area contributed by atoms with Crippen LogP contribution in [0.4, 0.5) is 18.9 Å². The van der Waals surface area contributed by atoms with Crippen LogP contribution in [0.1, 0.15) is 21.5 Å². The largest absolute Gasteiger partial charge is 0.465 e. The van der Waals surface area contributed by atoms with Crippen LogP contribution >= 0.6 is 0 Å². The van der Waals surface area contributed by atoms with E-state index in [2.05, 4.69) is 16.2 Å². The summed E-state index contributed by atoms with van der Waals surface area (Å²) in [5.41, 5.74) is 6.74. The monoisotopic (exact) mass is 315 g/mol. The van der Waals surface area contributed by atoms with E-state index in [1.165, 1.54) is 0 Å². The van der Waals surface area contributed by atoms with E-state index in [0.29, 0.717) is 0 Å². The molecule has 0 aliphatic rings. The molecule has 0 radical (unpaired) electrons. The second-order valence-corrected chi connectivity index (χ2v) is 10.2. The Morgan fingerprint density at radius 1 is 1.29 bits per heavy atom. The minimum atomic E-state index is -4.59. The van der Waals surface area contributed by atoms with Crippen molar-refractivity contribution in [3.05, 3.63) is 28.8 Å². The number of benzene rings is 1. The van der Waals surface area contributed by atoms with Crippen molar-refractivity contribution in [1.29, 1.82) is 0 Å². The molecule has 1 rings (SSSR count). The lowest BCUT2D eigenvalue weighted by Gasteiger charge is -2.13. The number of methoxy groups -OCH3 is 1. The number of rotatable bonds is 1. The molecule has 0 heterocycles. The molecule has 0 bridgehead atoms. The molecule has 3 nitrogen and oxygen atoms in total. The molecule has 0 aromatic heterocycles. The lowest BCUT2D eigenvalue weighted by molar-refractivity contribution is -0.137. The SMILES string of the molecule is COC(=O)c1cc(C#C[Si](C)(C)C)c(C(F)(F)F)cc1N. The number of hydrogen-bond donors (Lipinski definition) is 1. The van der Waals surface area contributed by atoms with Crippen LogP contribution in [0.3, 0.4) is 0 Å². The number of esters is 1. The Bertz CT molecular complexity index is 622. The lowest BCUT2D eigenvalue weighted by Crippen LogP contribution is -2.17. The van der Waals surface area contributed by atoms with Gasteiger partial charge in [0.15, 0.2) is 0 Å². The normalized spacial score (nSPS) is 11.6. The van der Waals surface area contributed by atoms with Gasteiger partial charge in [0, 0.05) is 11.3 Å². The highest BCUT2D eigenvalue weighted by atomic mass is 28.3. The predicted octanol–water partition coefficient (Wildman–Crippen LogP) is 3.30. The van der Waals surface area contributed by atoms with Gasteiger partial charge in [-0.05, 0) is 12.1 Å². The third kappa shape index (κ3) is 4.53. The standard InChI is InChI=1S/C14H16F3NO2Si/c1-20-13(19)10-7-9(5-6-21(2,3)4)11(8-12(10)18)14(15,16)17/h7-8H,18H2,1-4H3. The molecule has 2 N–H and O–H groups in total. The quantitative estimate of drug-likeness (QED) is 0.374. The van der Waals surface area contributed by atoms with Crippen LogP contribution in [0.5, 0.6) is 0 Å². The summed E-state index contributed by atoms with van der Waals surface area (Å²) in [7, 11) is -0.733. The molecule has 114 valence electrons. The van der Waals surface area contributed by atoms with E-state index in [4.69, 9.17) is 5.73 Å². The molecule has 0 spiro atoms. The van der Waals surface area contributed by atoms with Crippen molar-refractivity contribution in [2.75, 3.05) is 12.8 Å². The van der Waals surface area contributed by atoms with Gasteiger partial charge in [0.1, 0.15) is 8.07 Å². The Balaban J connectivity index is 3.55. The first-order valence-electron chi connectivity index (χ1n) is 6.08. The third-order valence-corrected chi connectivity index (χ3v) is 3.35. The molecule has 0 saturated carbocycles. The van der Waals surface area contributed by atoms with Crippen molar-refractivity contribution in [3.8, 4) is 11.5 Å². The molecule has 0 aliphatic heterocycles. The maximum Gasteiger partial charge on any atom is 0.417 e. The van der Waals surface area contributed by atoms with Crippen LogP contribution in [0.2, 0.25) is 19.6 Å². The number of ether oxygens (including phenoxy) is 1. The van der Waals surface area contributed by atoms with Crippen LogP contribution in [0, 0.1) is 11.5 Å². The summed E-state index contributed by atoms with van der Waals surface area (Å²) in [5, 5.41) is 0. The molecule has 0 unspecified atom stereocenters. The predicted molar refractivity (Wildman–Crippen MR) is 77.4 cm³/mol. The van der Waals surface area contributed by atoms with E-state index < -0.39 is 25.8 Å². The van der Waals surface area contributed by atoms with Gasteiger partial charge in [-0.1, -0.05) is 25.6 Å². The van der Waals surface area contributed by atoms with Crippen LogP contribution in [0.25, 0.3) is 0 Å². The summed E-state index contributed by atoms with van der Waals surface area (Å²) in [5.74, 6) is 1.74. The molecular formula is C14H16F3NO2Si. The number of hydrogen-bond acceptors (Lipinski definition) is 3. The zero-order valence-electron chi connectivity index (χ0n) is 12.2. The van der Waals surface area contributed by atoms with E-state index in [1.54, 1.807) is 0 Å². The highest BCUT2D eigenvalue weighted by Crippen LogP contribution is 2.34. The van der Waals surface area contributed by atoms with Gasteiger partial charge < -0.3 is 10.5 Å². The first kappa shape index (κ1) is 17.1. The third-order valence-electron chi connectivity index (χ3n) is 2.47. The average Bonchev–Trinajstić information content (AvgIpc) is 2.33. The van der Waals surface area contributed by atoms with E-state index in [9.17, 15) is 18.0 Å². The molecule has 1 aromatic rings. The Labute approximate surface area is 122 Å². The Morgan fingerprint density at radius 2 is 1.86 bits per heavy atom. The minimum Gasteiger partial charge on any atom is -0.465 e. The first-order chi connectivity index (χ1) is 9.45. The number of alkyl halides is 3. The van der Waals surface area contributed by atoms with Crippen LogP contribution in [0.15, 0.2) is 12.1 Å². The molecular weight excluding hydrogens is 299 g/mol. The number of carbonyl (C=O) groups excluding carboxylic acids is 1. The van der Waals surface area contributed by atoms with E-state index in [0.717, 1.165) is 19.2 Å². The Hall–Kier alpha value is -1.94. The lowest BCUT2D eigenvalue weighted by atomic mass is 10.0. The van der Waals surface area contributed by atoms with Crippen LogP contribution in [-0.2, 0) is 10.9 Å². The molecule has 1 aromatic carbocycles. The van der Waals surface area contributed by atoms with E-state index in [-0.39, 0.29) is 16.8 Å². The molecule has 21 heavy (non-hydrogen) atoms. The topological polar surface area (TPSA) is 52.3 Å². The smallest absolute Gasteiger partial charge is 0.417 e. The maximum atomic E-state index is 13.0. The summed E-state index contributed by atoms with van der Waals surface area (Å²) in [6.45, 7) is 5.73. The second-order valence-electron chi connectivity index (χ2n) is 5.47. The van der Waals surface area contributed by atoms with Gasteiger partial charge in [0.2, 0.25) is 0 Å². The van der Waals surface area contributed by atoms with Gasteiger partial charge >= 0.3 is 12.1 Å². The average molecular weight is 315 g/mol. The maximum absolute atomic E-state index is 13.0. The second kappa shape index (κ2) is 5.82. The van der Waals surface area contributed by atoms with Gasteiger partial charge in [-0.15, -0.1) is 5.54 Å². The highest BCUT2D eigenvalue weighted by molar-refractivity contribution is 6.83. The number of anilines is 1. The molecule has 0 fully saturated rings. The first-order valence-corrected chi connectivity index (χ1v) is 9.58. The summed E-state index contributed by atoms with van der Waals surface area (Å²) in [4.78, 5) is 11.5. The van der Waals surface area contributed by atoms with Crippen molar-refractivity contribution < 1.29 is 22.7 Å². The number of nitrogen functional groups attached to an aromatic ring is 1. The van der Waals surface area contributed by atoms with Crippen molar-refractivity contribution in [3.63, 3.8) is 0 Å². The summed E-state index contributed by atoms with van der Waals surface area (Å²) in [6.07, 6.45) is -4.59. The molecule has 0 saturated heterocycles. The van der Waals surface area contributed by atoms with Crippen LogP contribution in [-0.4, -0.2) is 21.2 Å². The number of halogens is 3. The fourth-order valence-electron chi connectivity index (χ4n) is 1.50. The molecule has 0 atom stereocenters. The Morgan fingerprint density at radius 3 is 2.29 bits per heavy atom. The highest BCUT2D eigenvalue weighted by Gasteiger charge is 2.34. The Kier molecular flexibility index (Phi) is 4.74. The number of nitrogens with two attached hydrogens (primary N) is 1.